The van der Waals surface area contributed by atoms with Crippen LogP contribution in [0.15, 0.2) is 111 Å². The summed E-state index contributed by atoms with van der Waals surface area (Å²) in [6, 6.07) is 20.7. The molecule has 0 amide bonds. The summed E-state index contributed by atoms with van der Waals surface area (Å²) in [4.78, 5) is 0.148. The summed E-state index contributed by atoms with van der Waals surface area (Å²) in [6.07, 6.45) is 0.0510. The minimum atomic E-state index is -4.48. The van der Waals surface area contributed by atoms with E-state index in [9.17, 15) is 30.0 Å². The molecule has 41 heavy (non-hydrogen) atoms. The van der Waals surface area contributed by atoms with Gasteiger partial charge in [-0.3, -0.25) is 0 Å². The van der Waals surface area contributed by atoms with Gasteiger partial charge in [-0.25, -0.2) is 16.8 Å². The molecule has 7 rings (SSSR count). The molecular formula is C32H27F3O4S2. The maximum Gasteiger partial charge on any atom is 0.416 e. The average molecular weight is 597 g/mol. The Morgan fingerprint density at radius 2 is 1.07 bits per heavy atom. The molecule has 0 heterocycles. The second kappa shape index (κ2) is 9.16. The molecule has 0 radical (unpaired) electrons. The summed E-state index contributed by atoms with van der Waals surface area (Å²) in [5, 5.41) is -2.47. The van der Waals surface area contributed by atoms with E-state index in [2.05, 4.69) is 0 Å². The first-order valence-electron chi connectivity index (χ1n) is 13.7. The first-order valence-corrected chi connectivity index (χ1v) is 16.8. The number of alkyl halides is 3. The fraction of sp³-hybridized carbons (Fsp3) is 0.312. The lowest BCUT2D eigenvalue weighted by Gasteiger charge is -2.35. The normalized spacial score (nSPS) is 28.8. The standard InChI is InChI=1S/C32H27F3O4S2/c33-32(34,35)22-15-11-19(12-16-22)17-25-28-26-20-13-14-21(18-20)27(26)29(25)31(41(38,39)24-9-5-2-6-10-24)30(28)40(36,37)23-7-3-1-4-8-23/h1-12,15-17,20-21,28-31H,13-14,18H2/t20-,21-,28-,29-,30+,31+/m0/s1. The summed E-state index contributed by atoms with van der Waals surface area (Å²) in [5.41, 5.74) is 2.54. The second-order valence-corrected chi connectivity index (χ2v) is 15.7. The van der Waals surface area contributed by atoms with Gasteiger partial charge >= 0.3 is 6.18 Å². The molecule has 3 aromatic rings. The maximum atomic E-state index is 14.4. The van der Waals surface area contributed by atoms with Gasteiger partial charge in [-0.05, 0) is 73.1 Å². The Hall–Kier alpha value is -3.17. The Labute approximate surface area is 237 Å². The van der Waals surface area contributed by atoms with Gasteiger partial charge in [0.15, 0.2) is 19.7 Å². The van der Waals surface area contributed by atoms with Crippen molar-refractivity contribution in [3.05, 3.63) is 113 Å². The Kier molecular flexibility index (Phi) is 5.97. The first-order chi connectivity index (χ1) is 19.5. The topological polar surface area (TPSA) is 68.3 Å². The Morgan fingerprint density at radius 3 is 1.49 bits per heavy atom. The van der Waals surface area contributed by atoms with E-state index in [-0.39, 0.29) is 21.6 Å². The van der Waals surface area contributed by atoms with Gasteiger partial charge < -0.3 is 0 Å². The van der Waals surface area contributed by atoms with E-state index >= 15 is 0 Å². The van der Waals surface area contributed by atoms with Crippen LogP contribution in [0.2, 0.25) is 0 Å². The summed E-state index contributed by atoms with van der Waals surface area (Å²) in [7, 11) is -8.24. The van der Waals surface area contributed by atoms with Crippen LogP contribution in [0, 0.1) is 23.7 Å². The minimum absolute atomic E-state index is 0.0741. The minimum Gasteiger partial charge on any atom is -0.223 e. The highest BCUT2D eigenvalue weighted by atomic mass is 32.2. The third-order valence-electron chi connectivity index (χ3n) is 9.45. The molecule has 9 heteroatoms. The zero-order chi connectivity index (χ0) is 28.7. The van der Waals surface area contributed by atoms with Gasteiger partial charge in [0.25, 0.3) is 0 Å². The van der Waals surface area contributed by atoms with Crippen LogP contribution in [0.3, 0.4) is 0 Å². The van der Waals surface area contributed by atoms with Crippen LogP contribution in [-0.4, -0.2) is 27.3 Å². The molecule has 2 fully saturated rings. The molecule has 4 aliphatic carbocycles. The number of fused-ring (bicyclic) bond motifs is 8. The Balaban J connectivity index is 1.45. The zero-order valence-corrected chi connectivity index (χ0v) is 23.5. The first kappa shape index (κ1) is 26.7. The van der Waals surface area contributed by atoms with Gasteiger partial charge in [0.2, 0.25) is 0 Å². The van der Waals surface area contributed by atoms with E-state index in [0.29, 0.717) is 11.1 Å². The Morgan fingerprint density at radius 1 is 0.634 bits per heavy atom. The van der Waals surface area contributed by atoms with Crippen LogP contribution in [0.1, 0.15) is 30.4 Å². The predicted molar refractivity (Wildman–Crippen MR) is 149 cm³/mol. The van der Waals surface area contributed by atoms with Gasteiger partial charge in [0.05, 0.1) is 25.9 Å². The number of halogens is 3. The molecule has 0 unspecified atom stereocenters. The molecule has 0 aliphatic heterocycles. The highest BCUT2D eigenvalue weighted by molar-refractivity contribution is 7.96. The number of hydrogen-bond acceptors (Lipinski definition) is 4. The monoisotopic (exact) mass is 596 g/mol. The molecule has 6 atom stereocenters. The van der Waals surface area contributed by atoms with E-state index < -0.39 is 53.7 Å². The number of benzene rings is 3. The van der Waals surface area contributed by atoms with Crippen LogP contribution < -0.4 is 0 Å². The molecule has 0 aromatic heterocycles. The van der Waals surface area contributed by atoms with Crippen molar-refractivity contribution in [1.29, 1.82) is 0 Å². The molecule has 2 saturated carbocycles. The smallest absolute Gasteiger partial charge is 0.223 e. The summed E-state index contributed by atoms with van der Waals surface area (Å²) in [6.45, 7) is 0. The molecule has 0 saturated heterocycles. The Bertz CT molecular complexity index is 1690. The zero-order valence-electron chi connectivity index (χ0n) is 21.8. The van der Waals surface area contributed by atoms with E-state index in [4.69, 9.17) is 0 Å². The molecular weight excluding hydrogens is 569 g/mol. The van der Waals surface area contributed by atoms with Crippen molar-refractivity contribution >= 4 is 25.8 Å². The number of sulfone groups is 2. The lowest BCUT2D eigenvalue weighted by molar-refractivity contribution is -0.137. The number of rotatable bonds is 5. The molecule has 3 aromatic carbocycles. The fourth-order valence-electron chi connectivity index (χ4n) is 7.94. The summed E-state index contributed by atoms with van der Waals surface area (Å²) < 4.78 is 97.4. The van der Waals surface area contributed by atoms with Crippen molar-refractivity contribution in [3.63, 3.8) is 0 Å². The van der Waals surface area contributed by atoms with Gasteiger partial charge in [-0.2, -0.15) is 13.2 Å². The van der Waals surface area contributed by atoms with Crippen molar-refractivity contribution in [1.82, 2.24) is 0 Å². The SMILES string of the molecule is O=S(=O)(c1ccccc1)[C@@H]1[C@H]2C(=Cc3ccc(C(F)(F)F)cc3)[C@@H](C3=C2[C@H]2CC[C@H]3C2)[C@H]1S(=O)(=O)c1ccccc1. The van der Waals surface area contributed by atoms with E-state index in [1.165, 1.54) is 36.4 Å². The van der Waals surface area contributed by atoms with Crippen molar-refractivity contribution in [3.8, 4) is 0 Å². The highest BCUT2D eigenvalue weighted by Crippen LogP contribution is 2.68. The molecule has 4 nitrogen and oxygen atoms in total. The lowest BCUT2D eigenvalue weighted by atomic mass is 9.82. The summed E-state index contributed by atoms with van der Waals surface area (Å²) >= 11 is 0. The van der Waals surface area contributed by atoms with Crippen molar-refractivity contribution < 1.29 is 30.0 Å². The van der Waals surface area contributed by atoms with Gasteiger partial charge in [-0.1, -0.05) is 71.3 Å². The largest absolute Gasteiger partial charge is 0.416 e. The summed E-state index contributed by atoms with van der Waals surface area (Å²) in [5.74, 6) is -0.868. The highest BCUT2D eigenvalue weighted by Gasteiger charge is 2.67. The van der Waals surface area contributed by atoms with Gasteiger partial charge in [-0.15, -0.1) is 0 Å². The van der Waals surface area contributed by atoms with Gasteiger partial charge in [0, 0.05) is 11.8 Å². The van der Waals surface area contributed by atoms with Crippen LogP contribution in [0.25, 0.3) is 6.08 Å². The third-order valence-corrected chi connectivity index (χ3v) is 14.0. The third kappa shape index (κ3) is 3.99. The molecule has 0 N–H and O–H groups in total. The van der Waals surface area contributed by atoms with Crippen LogP contribution in [0.5, 0.6) is 0 Å². The molecule has 0 spiro atoms. The van der Waals surface area contributed by atoms with Crippen LogP contribution in [-0.2, 0) is 25.9 Å². The van der Waals surface area contributed by atoms with E-state index in [0.717, 1.165) is 42.5 Å². The van der Waals surface area contributed by atoms with Gasteiger partial charge in [0.1, 0.15) is 0 Å². The molecule has 212 valence electrons. The number of allylic oxidation sites excluding steroid dienone is 3. The lowest BCUT2D eigenvalue weighted by Crippen LogP contribution is -2.45. The van der Waals surface area contributed by atoms with E-state index in [1.807, 2.05) is 0 Å². The quantitative estimate of drug-likeness (QED) is 0.241. The van der Waals surface area contributed by atoms with E-state index in [1.54, 1.807) is 42.5 Å². The molecule has 4 bridgehead atoms. The maximum absolute atomic E-state index is 14.4. The predicted octanol–water partition coefficient (Wildman–Crippen LogP) is 6.76. The molecule has 4 aliphatic rings. The number of hydrogen-bond donors (Lipinski definition) is 0. The van der Waals surface area contributed by atoms with Crippen molar-refractivity contribution in [2.75, 3.05) is 0 Å². The van der Waals surface area contributed by atoms with Crippen LogP contribution >= 0.6 is 0 Å². The van der Waals surface area contributed by atoms with Crippen molar-refractivity contribution in [2.24, 2.45) is 23.7 Å². The van der Waals surface area contributed by atoms with Crippen LogP contribution in [0.4, 0.5) is 13.2 Å². The average Bonchev–Trinajstić information content (AvgIpc) is 3.73. The fourth-order valence-corrected chi connectivity index (χ4v) is 12.9. The second-order valence-electron chi connectivity index (χ2n) is 11.5. The van der Waals surface area contributed by atoms with Crippen molar-refractivity contribution in [2.45, 2.75) is 45.7 Å².